The van der Waals surface area contributed by atoms with E-state index in [-0.39, 0.29) is 82.2 Å². The zero-order chi connectivity index (χ0) is 91.7. The summed E-state index contributed by atoms with van der Waals surface area (Å²) in [6.07, 6.45) is 4.01. The van der Waals surface area contributed by atoms with Crippen molar-refractivity contribution in [3.8, 4) is 0 Å². The molecule has 0 aromatic heterocycles. The zero-order valence-electron chi connectivity index (χ0n) is 73.8. The highest BCUT2D eigenvalue weighted by molar-refractivity contribution is 7.55. The van der Waals surface area contributed by atoms with Gasteiger partial charge in [0, 0.05) is 53.5 Å². The predicted molar refractivity (Wildman–Crippen MR) is 436 cm³/mol. The lowest BCUT2D eigenvalue weighted by atomic mass is 9.83. The van der Waals surface area contributed by atoms with Crippen molar-refractivity contribution in [3.05, 3.63) is 83.1 Å². The average molecular weight is 1740 g/mol. The van der Waals surface area contributed by atoms with Crippen LogP contribution in [-0.4, -0.2) is 249 Å². The van der Waals surface area contributed by atoms with Gasteiger partial charge in [-0.15, -0.1) is 0 Å². The molecule has 5 amide bonds. The summed E-state index contributed by atoms with van der Waals surface area (Å²) in [5.74, 6) is -5.84. The summed E-state index contributed by atoms with van der Waals surface area (Å²) >= 11 is 0. The van der Waals surface area contributed by atoms with Gasteiger partial charge in [0.15, 0.2) is 0 Å². The van der Waals surface area contributed by atoms with Crippen molar-refractivity contribution in [2.24, 2.45) is 29.4 Å². The highest BCUT2D eigenvalue weighted by Crippen LogP contribution is 2.51. The van der Waals surface area contributed by atoms with Gasteiger partial charge in [0.1, 0.15) is 48.9 Å². The van der Waals surface area contributed by atoms with Gasteiger partial charge in [0.25, 0.3) is 0 Å². The van der Waals surface area contributed by atoms with Crippen molar-refractivity contribution in [1.82, 2.24) is 26.6 Å². The van der Waals surface area contributed by atoms with Crippen LogP contribution in [0.2, 0.25) is 0 Å². The largest absolute Gasteiger partial charge is 0.480 e. The SMILES string of the molecule is CC1(C)CC(=O)CCO1.COC(=O)/C(NC(=O)OCc1ccccc1)=C1/CCOC(C)(C)C1.COC(=O)C(N)C1CCOC(C)(C)C1.COC(=O)C(NC(=O)OCc1ccccc1)P(=O)(OC)OC.COC(=O)NC(C(=O)O)C1CCOC(C)(C)C1.COC(=O)NC(C(=O)O)C1CCOC(C)(C)C1.COC(=O)NC(C(=O)OC)C1CCOC(C)(C)C1. The first-order valence-electron chi connectivity index (χ1n) is 39.3. The monoisotopic (exact) mass is 1740 g/mol. The maximum Gasteiger partial charge on any atom is 0.412 e. The number of nitrogens with two attached hydrogens (primary N) is 1. The van der Waals surface area contributed by atoms with Gasteiger partial charge in [0.05, 0.1) is 96.6 Å². The van der Waals surface area contributed by atoms with Crippen molar-refractivity contribution in [2.45, 2.75) is 237 Å². The quantitative estimate of drug-likeness (QED) is 0.0235. The van der Waals surface area contributed by atoms with Crippen LogP contribution < -0.4 is 32.3 Å². The summed E-state index contributed by atoms with van der Waals surface area (Å²) in [5, 5.41) is 30.2. The zero-order valence-corrected chi connectivity index (χ0v) is 74.7. The van der Waals surface area contributed by atoms with E-state index < -0.39 is 97.9 Å². The van der Waals surface area contributed by atoms with E-state index in [0.29, 0.717) is 110 Å². The van der Waals surface area contributed by atoms with Gasteiger partial charge in [-0.25, -0.2) is 47.9 Å². The van der Waals surface area contributed by atoms with Crippen LogP contribution in [0.15, 0.2) is 71.9 Å². The molecule has 686 valence electrons. The summed E-state index contributed by atoms with van der Waals surface area (Å²) in [6.45, 7) is 26.8. The molecule has 9 atom stereocenters. The van der Waals surface area contributed by atoms with E-state index in [0.717, 1.165) is 50.9 Å². The number of rotatable bonds is 22. The molecule has 0 saturated carbocycles. The number of aliphatic carboxylic acids is 2. The number of carboxylic acid groups (broad SMARTS) is 2. The van der Waals surface area contributed by atoms with Crippen molar-refractivity contribution >= 4 is 79.7 Å². The lowest BCUT2D eigenvalue weighted by Gasteiger charge is -2.38. The molecule has 0 radical (unpaired) electrons. The topological polar surface area (TPSA) is 505 Å². The molecule has 121 heavy (non-hydrogen) atoms. The minimum Gasteiger partial charge on any atom is -0.480 e. The number of hydrogen-bond donors (Lipinski definition) is 8. The molecule has 6 saturated heterocycles. The second-order valence-corrected chi connectivity index (χ2v) is 34.7. The van der Waals surface area contributed by atoms with Gasteiger partial charge in [-0.05, 0) is 188 Å². The number of hydrogen-bond acceptors (Lipinski definition) is 31. The predicted octanol–water partition coefficient (Wildman–Crippen LogP) is 9.75. The standard InChI is InChI=1S/C18H23NO5.C13H18NO7P.C12H21NO5.2C11H19NO5.C10H19NO3.C7H12O2/c1-18(2)11-14(9-10-24-18)15(16(20)22-3)19-17(21)23-12-13-7-5-4-6-8-13;1-18-12(15)11(22(17,19-2)20-3)14-13(16)21-9-10-7-5-4-6-8-10;1-12(2)7-8(5-6-18-12)9(10(14)16-3)13-11(15)17-4;2*1-11(2)6-7(4-5-17-11)8(9(13)14)12-10(15)16-3;1-10(2)6-7(4-5-14-10)8(11)9(12)13-3;1-7(2)5-6(8)3-4-9-7/h4-8H,9-12H2,1-3H3,(H,19,21);4-8,11H,9H2,1-3H3,(H,14,16);8-9H,5-7H2,1-4H3,(H,13,15);2*7-8H,4-6H2,1-3H3,(H,12,15)(H,13,14);7-8H,4-6,11H2,1-3H3;3-5H2,1-2H3/b15-14+;;;;;;. The number of methoxy groups -OCH3 is 7. The third-order valence-corrected chi connectivity index (χ3v) is 21.6. The molecular weight excluding hydrogens is 1610 g/mol. The van der Waals surface area contributed by atoms with Crippen molar-refractivity contribution < 1.29 is 152 Å². The number of carbonyl (C=O) groups is 12. The molecule has 2 aromatic rings. The van der Waals surface area contributed by atoms with E-state index in [1.54, 1.807) is 24.3 Å². The van der Waals surface area contributed by atoms with Crippen LogP contribution in [0.5, 0.6) is 0 Å². The van der Waals surface area contributed by atoms with Crippen LogP contribution in [0, 0.1) is 23.7 Å². The Morgan fingerprint density at radius 3 is 1.10 bits per heavy atom. The van der Waals surface area contributed by atoms with Gasteiger partial charge in [-0.3, -0.25) is 24.8 Å². The van der Waals surface area contributed by atoms with Gasteiger partial charge in [-0.2, -0.15) is 0 Å². The summed E-state index contributed by atoms with van der Waals surface area (Å²) in [6, 6.07) is 15.2. The first-order chi connectivity index (χ1) is 56.5. The van der Waals surface area contributed by atoms with Gasteiger partial charge < -0.3 is 112 Å². The van der Waals surface area contributed by atoms with E-state index in [1.807, 2.05) is 119 Å². The minimum atomic E-state index is -3.90. The summed E-state index contributed by atoms with van der Waals surface area (Å²) < 4.78 is 96.9. The molecule has 0 spiro atoms. The average Bonchev–Trinajstić information content (AvgIpc) is 0.837. The van der Waals surface area contributed by atoms with E-state index >= 15 is 0 Å². The Morgan fingerprint density at radius 1 is 0.421 bits per heavy atom. The van der Waals surface area contributed by atoms with Gasteiger partial charge in [-0.1, -0.05) is 60.7 Å². The molecule has 6 aliphatic rings. The fourth-order valence-electron chi connectivity index (χ4n) is 13.6. The third-order valence-electron chi connectivity index (χ3n) is 19.6. The lowest BCUT2D eigenvalue weighted by Crippen LogP contribution is -2.50. The van der Waals surface area contributed by atoms with E-state index in [4.69, 9.17) is 72.4 Å². The molecule has 8 rings (SSSR count). The first-order valence-corrected chi connectivity index (χ1v) is 41.0. The Balaban J connectivity index is 0.000000485. The maximum absolute atomic E-state index is 12.2. The molecule has 6 aliphatic heterocycles. The molecule has 6 heterocycles. The smallest absolute Gasteiger partial charge is 0.412 e. The number of Topliss-reactive ketones (excluding diaryl/α,β-unsaturated/α-hetero) is 1. The third kappa shape index (κ3) is 41.1. The number of alkyl carbamates (subject to hydrolysis) is 5. The minimum absolute atomic E-state index is 0.00910. The fourth-order valence-corrected chi connectivity index (χ4v) is 14.8. The molecule has 39 heteroatoms. The molecule has 38 nitrogen and oxygen atoms in total. The van der Waals surface area contributed by atoms with E-state index in [9.17, 15) is 62.1 Å². The molecule has 2 aromatic carbocycles. The Labute approximate surface area is 708 Å². The van der Waals surface area contributed by atoms with Gasteiger partial charge in [0.2, 0.25) is 5.78 Å². The summed E-state index contributed by atoms with van der Waals surface area (Å²) in [7, 11) is 7.01. The first kappa shape index (κ1) is 108. The second kappa shape index (κ2) is 52.4. The van der Waals surface area contributed by atoms with Crippen LogP contribution in [0.25, 0.3) is 0 Å². The lowest BCUT2D eigenvalue weighted by molar-refractivity contribution is -0.148. The Hall–Kier alpha value is -9.11. The number of carboxylic acids is 2. The Kier molecular flexibility index (Phi) is 46.7. The Bertz CT molecular complexity index is 3640. The highest BCUT2D eigenvalue weighted by atomic mass is 31.2. The number of esters is 4. The normalized spacial score (nSPS) is 21.6. The molecule has 0 aliphatic carbocycles. The maximum atomic E-state index is 12.2. The number of benzene rings is 2. The fraction of sp³-hybridized carbons (Fsp3) is 0.683. The van der Waals surface area contributed by atoms with E-state index in [2.05, 4.69) is 50.3 Å². The van der Waals surface area contributed by atoms with Gasteiger partial charge >= 0.3 is 73.9 Å². The van der Waals surface area contributed by atoms with Crippen LogP contribution in [0.4, 0.5) is 24.0 Å². The van der Waals surface area contributed by atoms with Crippen LogP contribution in [0.1, 0.15) is 171 Å². The highest BCUT2D eigenvalue weighted by Gasteiger charge is 2.45. The number of ether oxygens (including phenoxy) is 15. The number of nitrogens with one attached hydrogen (secondary N) is 5. The second-order valence-electron chi connectivity index (χ2n) is 32.3. The van der Waals surface area contributed by atoms with Crippen LogP contribution in [-0.2, 0) is 131 Å². The van der Waals surface area contributed by atoms with Crippen molar-refractivity contribution in [1.29, 1.82) is 0 Å². The molecule has 9 N–H and O–H groups in total. The van der Waals surface area contributed by atoms with Crippen molar-refractivity contribution in [2.75, 3.05) is 104 Å². The van der Waals surface area contributed by atoms with Crippen molar-refractivity contribution in [3.63, 3.8) is 0 Å². The molecule has 9 unspecified atom stereocenters. The molecular formula is C82H131N6O32P. The van der Waals surface area contributed by atoms with Crippen LogP contribution in [0.3, 0.4) is 0 Å². The molecule has 0 bridgehead atoms. The number of amides is 5. The summed E-state index contributed by atoms with van der Waals surface area (Å²) in [5.41, 5.74) is 6.60. The number of ketones is 1. The molecule has 6 fully saturated rings. The summed E-state index contributed by atoms with van der Waals surface area (Å²) in [4.78, 5) is 137. The number of carbonyl (C=O) groups excluding carboxylic acids is 10. The van der Waals surface area contributed by atoms with E-state index in [1.165, 1.54) is 42.7 Å². The Morgan fingerprint density at radius 2 is 0.769 bits per heavy atom. The van der Waals surface area contributed by atoms with Crippen LogP contribution >= 0.6 is 7.60 Å².